The van der Waals surface area contributed by atoms with Crippen LogP contribution < -0.4 is 19.5 Å². The molecule has 0 saturated carbocycles. The Morgan fingerprint density at radius 2 is 1.72 bits per heavy atom. The summed E-state index contributed by atoms with van der Waals surface area (Å²) >= 11 is 6.29. The van der Waals surface area contributed by atoms with Crippen LogP contribution in [0.25, 0.3) is 6.08 Å². The van der Waals surface area contributed by atoms with E-state index in [1.165, 1.54) is 17.3 Å². The van der Waals surface area contributed by atoms with E-state index >= 15 is 0 Å². The van der Waals surface area contributed by atoms with Crippen molar-refractivity contribution in [1.29, 1.82) is 0 Å². The predicted molar refractivity (Wildman–Crippen MR) is 135 cm³/mol. The monoisotopic (exact) mass is 471 g/mol. The molecular formula is C25H29NO4S2. The van der Waals surface area contributed by atoms with Gasteiger partial charge >= 0.3 is 0 Å². The van der Waals surface area contributed by atoms with Gasteiger partial charge in [-0.1, -0.05) is 63.0 Å². The largest absolute Gasteiger partial charge is 0.493 e. The molecule has 0 radical (unpaired) electrons. The second kappa shape index (κ2) is 10.9. The van der Waals surface area contributed by atoms with Gasteiger partial charge in [0.25, 0.3) is 5.91 Å². The molecule has 32 heavy (non-hydrogen) atoms. The van der Waals surface area contributed by atoms with E-state index in [4.69, 9.17) is 26.4 Å². The lowest BCUT2D eigenvalue weighted by atomic mass is 9.87. The third-order valence-electron chi connectivity index (χ3n) is 4.74. The maximum absolute atomic E-state index is 11.9. The van der Waals surface area contributed by atoms with Crippen LogP contribution in [-0.2, 0) is 10.2 Å². The number of carbonyl (C=O) groups is 1. The van der Waals surface area contributed by atoms with Gasteiger partial charge < -0.3 is 19.5 Å². The molecule has 2 aromatic rings. The van der Waals surface area contributed by atoms with Gasteiger partial charge in [-0.3, -0.25) is 4.79 Å². The number of amides is 1. The normalized spacial score (nSPS) is 15.1. The first-order valence-electron chi connectivity index (χ1n) is 10.6. The summed E-state index contributed by atoms with van der Waals surface area (Å²) in [6.07, 6.45) is 2.54. The van der Waals surface area contributed by atoms with Crippen LogP contribution in [0.1, 0.15) is 45.2 Å². The molecule has 5 nitrogen and oxygen atoms in total. The molecule has 1 amide bonds. The summed E-state index contributed by atoms with van der Waals surface area (Å²) in [5, 5.41) is 2.62. The third-order valence-corrected chi connectivity index (χ3v) is 5.91. The Hall–Kier alpha value is -2.51. The quantitative estimate of drug-likeness (QED) is 0.287. The van der Waals surface area contributed by atoms with Gasteiger partial charge in [0.2, 0.25) is 0 Å². The molecule has 0 aliphatic carbocycles. The van der Waals surface area contributed by atoms with Crippen LogP contribution in [0.4, 0.5) is 0 Å². The van der Waals surface area contributed by atoms with E-state index in [1.807, 2.05) is 37.3 Å². The minimum absolute atomic E-state index is 0.131. The molecule has 2 aromatic carbocycles. The number of thiocarbonyl (C=S) groups is 1. The molecule has 7 heteroatoms. The Morgan fingerprint density at radius 1 is 1.00 bits per heavy atom. The summed E-state index contributed by atoms with van der Waals surface area (Å²) in [4.78, 5) is 12.4. The van der Waals surface area contributed by atoms with Crippen molar-refractivity contribution in [3.63, 3.8) is 0 Å². The van der Waals surface area contributed by atoms with Gasteiger partial charge in [0, 0.05) is 6.42 Å². The average molecular weight is 472 g/mol. The van der Waals surface area contributed by atoms with E-state index < -0.39 is 0 Å². The summed E-state index contributed by atoms with van der Waals surface area (Å²) in [5.41, 5.74) is 2.27. The predicted octanol–water partition coefficient (Wildman–Crippen LogP) is 5.72. The van der Waals surface area contributed by atoms with Crippen molar-refractivity contribution in [1.82, 2.24) is 5.32 Å². The van der Waals surface area contributed by atoms with Crippen LogP contribution in [-0.4, -0.2) is 30.0 Å². The van der Waals surface area contributed by atoms with Crippen LogP contribution in [0.2, 0.25) is 0 Å². The molecule has 1 aliphatic heterocycles. The zero-order valence-electron chi connectivity index (χ0n) is 18.9. The van der Waals surface area contributed by atoms with Crippen molar-refractivity contribution in [2.24, 2.45) is 0 Å². The molecule has 1 N–H and O–H groups in total. The third kappa shape index (κ3) is 6.74. The van der Waals surface area contributed by atoms with Crippen molar-refractivity contribution < 1.29 is 19.0 Å². The summed E-state index contributed by atoms with van der Waals surface area (Å²) < 4.78 is 18.0. The molecule has 0 aromatic heterocycles. The molecule has 0 atom stereocenters. The van der Waals surface area contributed by atoms with E-state index in [2.05, 4.69) is 38.2 Å². The number of thioether (sulfide) groups is 1. The van der Waals surface area contributed by atoms with Crippen molar-refractivity contribution >= 4 is 40.3 Å². The average Bonchev–Trinajstić information content (AvgIpc) is 3.05. The first-order valence-corrected chi connectivity index (χ1v) is 11.9. The summed E-state index contributed by atoms with van der Waals surface area (Å²) in [6, 6.07) is 13.9. The van der Waals surface area contributed by atoms with Crippen molar-refractivity contribution in [3.8, 4) is 17.2 Å². The minimum Gasteiger partial charge on any atom is -0.493 e. The van der Waals surface area contributed by atoms with Crippen LogP contribution in [0.15, 0.2) is 47.4 Å². The van der Waals surface area contributed by atoms with E-state index in [9.17, 15) is 4.79 Å². The molecule has 0 bridgehead atoms. The van der Waals surface area contributed by atoms with Crippen molar-refractivity contribution in [2.75, 3.05) is 19.8 Å². The van der Waals surface area contributed by atoms with Gasteiger partial charge in [-0.05, 0) is 53.8 Å². The highest BCUT2D eigenvalue weighted by Gasteiger charge is 2.22. The smallest absolute Gasteiger partial charge is 0.263 e. The van der Waals surface area contributed by atoms with E-state index in [0.29, 0.717) is 40.5 Å². The standard InChI is InChI=1S/C25H29NO4S2/c1-5-28-21-15-17(16-22-23(27)26-24(31)32-22)7-12-20(21)30-14-6-13-29-19-10-8-18(9-11-19)25(2,3)4/h7-12,15-16H,5-6,13-14H2,1-4H3,(H,26,27,31). The molecular weight excluding hydrogens is 442 g/mol. The second-order valence-electron chi connectivity index (χ2n) is 8.32. The molecule has 0 unspecified atom stereocenters. The minimum atomic E-state index is -0.175. The number of benzene rings is 2. The molecule has 0 spiro atoms. The van der Waals surface area contributed by atoms with Crippen molar-refractivity contribution in [3.05, 3.63) is 58.5 Å². The zero-order valence-corrected chi connectivity index (χ0v) is 20.5. The number of hydrogen-bond acceptors (Lipinski definition) is 6. The first-order chi connectivity index (χ1) is 15.3. The Balaban J connectivity index is 1.52. The zero-order chi connectivity index (χ0) is 23.1. The molecule has 1 saturated heterocycles. The summed E-state index contributed by atoms with van der Waals surface area (Å²) in [5.74, 6) is 2.00. The van der Waals surface area contributed by atoms with Crippen LogP contribution in [0.5, 0.6) is 17.2 Å². The summed E-state index contributed by atoms with van der Waals surface area (Å²) in [6.45, 7) is 10.1. The molecule has 3 rings (SSSR count). The number of carbonyl (C=O) groups excluding carboxylic acids is 1. The highest BCUT2D eigenvalue weighted by molar-refractivity contribution is 8.26. The fourth-order valence-corrected chi connectivity index (χ4v) is 4.10. The highest BCUT2D eigenvalue weighted by atomic mass is 32.2. The van der Waals surface area contributed by atoms with Gasteiger partial charge in [0.1, 0.15) is 10.1 Å². The second-order valence-corrected chi connectivity index (χ2v) is 10.0. The van der Waals surface area contributed by atoms with Gasteiger partial charge in [0.05, 0.1) is 24.7 Å². The van der Waals surface area contributed by atoms with Gasteiger partial charge in [-0.2, -0.15) is 0 Å². The number of hydrogen-bond donors (Lipinski definition) is 1. The molecule has 1 heterocycles. The van der Waals surface area contributed by atoms with Crippen LogP contribution in [0, 0.1) is 0 Å². The summed E-state index contributed by atoms with van der Waals surface area (Å²) in [7, 11) is 0. The van der Waals surface area contributed by atoms with Gasteiger partial charge in [-0.15, -0.1) is 0 Å². The lowest BCUT2D eigenvalue weighted by molar-refractivity contribution is -0.115. The highest BCUT2D eigenvalue weighted by Crippen LogP contribution is 2.32. The number of nitrogens with one attached hydrogen (secondary N) is 1. The number of ether oxygens (including phenoxy) is 3. The van der Waals surface area contributed by atoms with E-state index in [-0.39, 0.29) is 11.3 Å². The van der Waals surface area contributed by atoms with Crippen LogP contribution in [0.3, 0.4) is 0 Å². The van der Waals surface area contributed by atoms with Crippen molar-refractivity contribution in [2.45, 2.75) is 39.5 Å². The Labute approximate surface area is 199 Å². The topological polar surface area (TPSA) is 56.8 Å². The fraction of sp³-hybridized carbons (Fsp3) is 0.360. The number of rotatable bonds is 9. The van der Waals surface area contributed by atoms with E-state index in [0.717, 1.165) is 17.7 Å². The Kier molecular flexibility index (Phi) is 8.21. The molecule has 170 valence electrons. The SMILES string of the molecule is CCOc1cc(C=C2SC(=S)NC2=O)ccc1OCCCOc1ccc(C(C)(C)C)cc1. The maximum Gasteiger partial charge on any atom is 0.263 e. The van der Waals surface area contributed by atoms with Crippen LogP contribution >= 0.6 is 24.0 Å². The lowest BCUT2D eigenvalue weighted by Crippen LogP contribution is -2.17. The Morgan fingerprint density at radius 3 is 2.34 bits per heavy atom. The Bertz CT molecular complexity index is 994. The maximum atomic E-state index is 11.9. The fourth-order valence-electron chi connectivity index (χ4n) is 3.06. The van der Waals surface area contributed by atoms with Gasteiger partial charge in [0.15, 0.2) is 11.5 Å². The first kappa shape index (κ1) is 24.1. The molecule has 1 fully saturated rings. The molecule has 1 aliphatic rings. The van der Waals surface area contributed by atoms with E-state index in [1.54, 1.807) is 6.08 Å². The lowest BCUT2D eigenvalue weighted by Gasteiger charge is -2.19. The van der Waals surface area contributed by atoms with Gasteiger partial charge in [-0.25, -0.2) is 0 Å².